The molecule has 0 aliphatic carbocycles. The predicted molar refractivity (Wildman–Crippen MR) is 117 cm³/mol. The summed E-state index contributed by atoms with van der Waals surface area (Å²) in [6, 6.07) is 16.1. The maximum absolute atomic E-state index is 5.78. The van der Waals surface area contributed by atoms with Crippen molar-refractivity contribution >= 4 is 18.4 Å². The third-order valence-corrected chi connectivity index (χ3v) is 4.48. The van der Waals surface area contributed by atoms with Gasteiger partial charge in [0.05, 0.1) is 12.3 Å². The van der Waals surface area contributed by atoms with Gasteiger partial charge in [0.1, 0.15) is 5.75 Å². The molecule has 0 saturated carbocycles. The SMILES string of the molecule is CC(C)Oc1cccc(-c2n[nH]c(=S)n2N=Cc2ccc(C(C)(C)C)cc2)c1. The highest BCUT2D eigenvalue weighted by Gasteiger charge is 2.13. The fraction of sp³-hybridized carbons (Fsp3) is 0.318. The van der Waals surface area contributed by atoms with E-state index in [2.05, 4.69) is 60.3 Å². The summed E-state index contributed by atoms with van der Waals surface area (Å²) >= 11 is 5.36. The van der Waals surface area contributed by atoms with Crippen molar-refractivity contribution in [1.82, 2.24) is 14.9 Å². The number of rotatable bonds is 5. The van der Waals surface area contributed by atoms with Crippen LogP contribution < -0.4 is 4.74 Å². The number of hydrogen-bond acceptors (Lipinski definition) is 4. The molecule has 6 heteroatoms. The molecule has 0 amide bonds. The third-order valence-electron chi connectivity index (χ3n) is 4.21. The van der Waals surface area contributed by atoms with Crippen LogP contribution in [-0.2, 0) is 5.41 Å². The molecule has 3 aromatic rings. The van der Waals surface area contributed by atoms with Crippen LogP contribution >= 0.6 is 12.2 Å². The van der Waals surface area contributed by atoms with E-state index in [-0.39, 0.29) is 11.5 Å². The Labute approximate surface area is 171 Å². The summed E-state index contributed by atoms with van der Waals surface area (Å²) in [6.45, 7) is 10.6. The summed E-state index contributed by atoms with van der Waals surface area (Å²) in [5.41, 5.74) is 3.29. The monoisotopic (exact) mass is 394 g/mol. The molecule has 0 spiro atoms. The molecule has 28 heavy (non-hydrogen) atoms. The van der Waals surface area contributed by atoms with Crippen LogP contribution in [0.25, 0.3) is 11.4 Å². The minimum atomic E-state index is 0.102. The zero-order chi connectivity index (χ0) is 20.3. The standard InChI is InChI=1S/C22H26N4OS/c1-15(2)27-19-8-6-7-17(13-19)20-24-25-21(28)26(20)23-14-16-9-11-18(12-10-16)22(3,4)5/h6-15H,1-5H3,(H,25,28). The van der Waals surface area contributed by atoms with Gasteiger partial charge in [0.2, 0.25) is 4.77 Å². The summed E-state index contributed by atoms with van der Waals surface area (Å²) < 4.78 is 7.84. The molecule has 0 atom stereocenters. The summed E-state index contributed by atoms with van der Waals surface area (Å²) in [5.74, 6) is 1.43. The lowest BCUT2D eigenvalue weighted by Crippen LogP contribution is -2.10. The Kier molecular flexibility index (Phi) is 5.79. The number of hydrogen-bond donors (Lipinski definition) is 1. The van der Waals surface area contributed by atoms with E-state index >= 15 is 0 Å². The van der Waals surface area contributed by atoms with Gasteiger partial charge in [-0.1, -0.05) is 57.2 Å². The number of aromatic amines is 1. The molecule has 0 radical (unpaired) electrons. The normalized spacial score (nSPS) is 12.1. The minimum absolute atomic E-state index is 0.102. The molecule has 146 valence electrons. The molecule has 0 fully saturated rings. The van der Waals surface area contributed by atoms with E-state index in [1.165, 1.54) is 5.56 Å². The maximum Gasteiger partial charge on any atom is 0.216 e. The first-order chi connectivity index (χ1) is 13.2. The van der Waals surface area contributed by atoms with Crippen LogP contribution in [0.3, 0.4) is 0 Å². The van der Waals surface area contributed by atoms with Gasteiger partial charge in [-0.25, -0.2) is 5.10 Å². The second kappa shape index (κ2) is 8.10. The molecule has 0 unspecified atom stereocenters. The lowest BCUT2D eigenvalue weighted by molar-refractivity contribution is 0.242. The van der Waals surface area contributed by atoms with Crippen molar-refractivity contribution < 1.29 is 4.74 Å². The molecular weight excluding hydrogens is 368 g/mol. The molecule has 0 aliphatic rings. The highest BCUT2D eigenvalue weighted by molar-refractivity contribution is 7.71. The molecule has 0 bridgehead atoms. The first-order valence-electron chi connectivity index (χ1n) is 9.33. The van der Waals surface area contributed by atoms with Gasteiger partial charge in [0.25, 0.3) is 0 Å². The fourth-order valence-electron chi connectivity index (χ4n) is 2.76. The van der Waals surface area contributed by atoms with E-state index in [4.69, 9.17) is 17.0 Å². The molecule has 0 saturated heterocycles. The van der Waals surface area contributed by atoms with Crippen molar-refractivity contribution in [3.63, 3.8) is 0 Å². The number of ether oxygens (including phenoxy) is 1. The van der Waals surface area contributed by atoms with E-state index in [0.717, 1.165) is 16.9 Å². The van der Waals surface area contributed by atoms with Crippen molar-refractivity contribution in [2.75, 3.05) is 0 Å². The number of nitrogens with one attached hydrogen (secondary N) is 1. The number of aromatic nitrogens is 3. The molecule has 3 rings (SSSR count). The largest absolute Gasteiger partial charge is 0.491 e. The number of H-pyrrole nitrogens is 1. The van der Waals surface area contributed by atoms with Crippen LogP contribution in [0.5, 0.6) is 5.75 Å². The zero-order valence-corrected chi connectivity index (χ0v) is 17.7. The predicted octanol–water partition coefficient (Wildman–Crippen LogP) is 5.57. The summed E-state index contributed by atoms with van der Waals surface area (Å²) in [6.07, 6.45) is 1.89. The summed E-state index contributed by atoms with van der Waals surface area (Å²) in [4.78, 5) is 0. The van der Waals surface area contributed by atoms with E-state index in [9.17, 15) is 0 Å². The van der Waals surface area contributed by atoms with E-state index in [1.807, 2.05) is 38.1 Å². The molecule has 1 heterocycles. The lowest BCUT2D eigenvalue weighted by atomic mass is 9.87. The van der Waals surface area contributed by atoms with Crippen molar-refractivity contribution in [3.8, 4) is 17.1 Å². The van der Waals surface area contributed by atoms with Gasteiger partial charge in [-0.05, 0) is 54.7 Å². The fourth-order valence-corrected chi connectivity index (χ4v) is 2.94. The van der Waals surface area contributed by atoms with Crippen molar-refractivity contribution in [2.45, 2.75) is 46.1 Å². The average molecular weight is 395 g/mol. The minimum Gasteiger partial charge on any atom is -0.491 e. The Morgan fingerprint density at radius 2 is 1.86 bits per heavy atom. The van der Waals surface area contributed by atoms with Gasteiger partial charge >= 0.3 is 0 Å². The summed E-state index contributed by atoms with van der Waals surface area (Å²) in [5, 5.41) is 11.7. The highest BCUT2D eigenvalue weighted by atomic mass is 32.1. The average Bonchev–Trinajstić information content (AvgIpc) is 3.00. The van der Waals surface area contributed by atoms with Crippen LogP contribution in [0.1, 0.15) is 45.7 Å². The van der Waals surface area contributed by atoms with Crippen LogP contribution in [-0.4, -0.2) is 27.2 Å². The molecule has 5 nitrogen and oxygen atoms in total. The Hall–Kier alpha value is -2.73. The van der Waals surface area contributed by atoms with Gasteiger partial charge in [-0.2, -0.15) is 14.9 Å². The van der Waals surface area contributed by atoms with Crippen LogP contribution in [0.15, 0.2) is 53.6 Å². The Balaban J connectivity index is 1.90. The third kappa shape index (κ3) is 4.75. The summed E-state index contributed by atoms with van der Waals surface area (Å²) in [7, 11) is 0. The molecule has 2 aromatic carbocycles. The topological polar surface area (TPSA) is 55.2 Å². The van der Waals surface area contributed by atoms with Gasteiger partial charge in [-0.3, -0.25) is 0 Å². The molecule has 0 aliphatic heterocycles. The van der Waals surface area contributed by atoms with Crippen molar-refractivity contribution in [3.05, 3.63) is 64.4 Å². The quantitative estimate of drug-likeness (QED) is 0.454. The Morgan fingerprint density at radius 1 is 1.14 bits per heavy atom. The number of nitrogens with zero attached hydrogens (tertiary/aromatic N) is 3. The van der Waals surface area contributed by atoms with Crippen LogP contribution in [0.2, 0.25) is 0 Å². The molecule has 1 aromatic heterocycles. The highest BCUT2D eigenvalue weighted by Crippen LogP contribution is 2.24. The first kappa shape index (κ1) is 20.0. The molecule has 1 N–H and O–H groups in total. The van der Waals surface area contributed by atoms with Crippen LogP contribution in [0.4, 0.5) is 0 Å². The van der Waals surface area contributed by atoms with E-state index in [0.29, 0.717) is 10.6 Å². The van der Waals surface area contributed by atoms with E-state index < -0.39 is 0 Å². The second-order valence-corrected chi connectivity index (χ2v) is 8.36. The zero-order valence-electron chi connectivity index (χ0n) is 16.9. The van der Waals surface area contributed by atoms with Crippen LogP contribution in [0, 0.1) is 4.77 Å². The first-order valence-corrected chi connectivity index (χ1v) is 9.74. The van der Waals surface area contributed by atoms with Gasteiger partial charge in [0.15, 0.2) is 5.82 Å². The van der Waals surface area contributed by atoms with Gasteiger partial charge in [0, 0.05) is 5.56 Å². The maximum atomic E-state index is 5.78. The van der Waals surface area contributed by atoms with Gasteiger partial charge < -0.3 is 4.74 Å². The second-order valence-electron chi connectivity index (χ2n) is 7.98. The molecular formula is C22H26N4OS. The smallest absolute Gasteiger partial charge is 0.216 e. The number of benzene rings is 2. The van der Waals surface area contributed by atoms with E-state index in [1.54, 1.807) is 10.9 Å². The van der Waals surface area contributed by atoms with Gasteiger partial charge in [-0.15, -0.1) is 0 Å². The Bertz CT molecular complexity index is 1020. The Morgan fingerprint density at radius 3 is 2.50 bits per heavy atom. The van der Waals surface area contributed by atoms with Crippen molar-refractivity contribution in [1.29, 1.82) is 0 Å². The van der Waals surface area contributed by atoms with Crippen molar-refractivity contribution in [2.24, 2.45) is 5.10 Å². The lowest BCUT2D eigenvalue weighted by Gasteiger charge is -2.18.